The number of ketones is 1. The molecular formula is C14H14N2O3. The van der Waals surface area contributed by atoms with E-state index in [1.54, 1.807) is 19.2 Å². The fraction of sp³-hybridized carbons (Fsp3) is 0.214. The van der Waals surface area contributed by atoms with Gasteiger partial charge in [-0.25, -0.2) is 4.68 Å². The number of hydrogen-bond acceptors (Lipinski definition) is 4. The monoisotopic (exact) mass is 258 g/mol. The summed E-state index contributed by atoms with van der Waals surface area (Å²) < 4.78 is 6.26. The number of ether oxygens (including phenoxy) is 1. The standard InChI is InChI=1S/C14H14N2O3/c1-9(17)12-8-13(15-16(2)14(12)18)10-4-6-11(19-3)7-5-10/h4-8H,1-3H3. The Morgan fingerprint density at radius 2 is 1.89 bits per heavy atom. The van der Waals surface area contributed by atoms with Crippen molar-refractivity contribution in [1.82, 2.24) is 9.78 Å². The van der Waals surface area contributed by atoms with E-state index in [0.29, 0.717) is 5.69 Å². The predicted octanol–water partition coefficient (Wildman–Crippen LogP) is 1.66. The summed E-state index contributed by atoms with van der Waals surface area (Å²) in [7, 11) is 3.12. The van der Waals surface area contributed by atoms with Crippen molar-refractivity contribution in [3.8, 4) is 17.0 Å². The van der Waals surface area contributed by atoms with Gasteiger partial charge in [-0.2, -0.15) is 5.10 Å². The second kappa shape index (κ2) is 5.06. The first-order valence-electron chi connectivity index (χ1n) is 5.76. The van der Waals surface area contributed by atoms with Crippen molar-refractivity contribution in [2.24, 2.45) is 7.05 Å². The zero-order chi connectivity index (χ0) is 14.0. The van der Waals surface area contributed by atoms with Gasteiger partial charge in [0.2, 0.25) is 0 Å². The van der Waals surface area contributed by atoms with Gasteiger partial charge in [0.25, 0.3) is 5.56 Å². The van der Waals surface area contributed by atoms with E-state index in [2.05, 4.69) is 5.10 Å². The molecule has 0 aliphatic heterocycles. The number of Topliss-reactive ketones (excluding diaryl/α,β-unsaturated/α-hetero) is 1. The van der Waals surface area contributed by atoms with Gasteiger partial charge in [-0.1, -0.05) is 0 Å². The molecule has 98 valence electrons. The van der Waals surface area contributed by atoms with Gasteiger partial charge in [0, 0.05) is 12.6 Å². The molecule has 1 aromatic heterocycles. The first-order chi connectivity index (χ1) is 9.02. The van der Waals surface area contributed by atoms with E-state index in [0.717, 1.165) is 11.3 Å². The number of benzene rings is 1. The van der Waals surface area contributed by atoms with Crippen molar-refractivity contribution in [2.75, 3.05) is 7.11 Å². The van der Waals surface area contributed by atoms with Crippen LogP contribution in [0.5, 0.6) is 5.75 Å². The zero-order valence-corrected chi connectivity index (χ0v) is 11.0. The Hall–Kier alpha value is -2.43. The molecule has 0 unspecified atom stereocenters. The minimum Gasteiger partial charge on any atom is -0.497 e. The Kier molecular flexibility index (Phi) is 3.46. The van der Waals surface area contributed by atoms with Crippen LogP contribution in [-0.2, 0) is 7.05 Å². The lowest BCUT2D eigenvalue weighted by molar-refractivity contribution is 0.101. The lowest BCUT2D eigenvalue weighted by Crippen LogP contribution is -2.25. The molecule has 5 heteroatoms. The lowest BCUT2D eigenvalue weighted by atomic mass is 10.1. The fourth-order valence-corrected chi connectivity index (χ4v) is 1.76. The third-order valence-electron chi connectivity index (χ3n) is 2.83. The van der Waals surface area contributed by atoms with Crippen LogP contribution < -0.4 is 10.3 Å². The maximum atomic E-state index is 11.8. The largest absolute Gasteiger partial charge is 0.497 e. The molecule has 0 radical (unpaired) electrons. The Morgan fingerprint density at radius 1 is 1.26 bits per heavy atom. The third kappa shape index (κ3) is 2.54. The molecule has 0 amide bonds. The van der Waals surface area contributed by atoms with Gasteiger partial charge in [0.15, 0.2) is 5.78 Å². The topological polar surface area (TPSA) is 61.2 Å². The minimum absolute atomic E-state index is 0.142. The molecular weight excluding hydrogens is 244 g/mol. The molecule has 0 N–H and O–H groups in total. The molecule has 1 heterocycles. The van der Waals surface area contributed by atoms with Crippen molar-refractivity contribution in [1.29, 1.82) is 0 Å². The van der Waals surface area contributed by atoms with E-state index >= 15 is 0 Å². The molecule has 0 saturated heterocycles. The second-order valence-electron chi connectivity index (χ2n) is 4.16. The highest BCUT2D eigenvalue weighted by Crippen LogP contribution is 2.20. The molecule has 0 saturated carbocycles. The summed E-state index contributed by atoms with van der Waals surface area (Å²) in [6.07, 6.45) is 0. The second-order valence-corrected chi connectivity index (χ2v) is 4.16. The molecule has 2 aromatic rings. The van der Waals surface area contributed by atoms with E-state index in [4.69, 9.17) is 4.74 Å². The normalized spacial score (nSPS) is 10.3. The maximum Gasteiger partial charge on any atom is 0.277 e. The van der Waals surface area contributed by atoms with Crippen LogP contribution in [0.3, 0.4) is 0 Å². The van der Waals surface area contributed by atoms with Gasteiger partial charge >= 0.3 is 0 Å². The van der Waals surface area contributed by atoms with E-state index in [-0.39, 0.29) is 16.9 Å². The first-order valence-corrected chi connectivity index (χ1v) is 5.76. The summed E-state index contributed by atoms with van der Waals surface area (Å²) in [6, 6.07) is 8.78. The average Bonchev–Trinajstić information content (AvgIpc) is 2.41. The van der Waals surface area contributed by atoms with E-state index < -0.39 is 0 Å². The van der Waals surface area contributed by atoms with Gasteiger partial charge in [-0.05, 0) is 37.3 Å². The summed E-state index contributed by atoms with van der Waals surface area (Å²) >= 11 is 0. The number of aromatic nitrogens is 2. The smallest absolute Gasteiger partial charge is 0.277 e. The Morgan fingerprint density at radius 3 is 2.42 bits per heavy atom. The molecule has 0 atom stereocenters. The number of hydrogen-bond donors (Lipinski definition) is 0. The van der Waals surface area contributed by atoms with Gasteiger partial charge in [-0.3, -0.25) is 9.59 Å². The zero-order valence-electron chi connectivity index (χ0n) is 11.0. The number of carbonyl (C=O) groups excluding carboxylic acids is 1. The molecule has 0 spiro atoms. The number of nitrogens with zero attached hydrogens (tertiary/aromatic N) is 2. The average molecular weight is 258 g/mol. The van der Waals surface area contributed by atoms with E-state index in [1.807, 2.05) is 12.1 Å². The van der Waals surface area contributed by atoms with E-state index in [1.165, 1.54) is 24.7 Å². The van der Waals surface area contributed by atoms with Crippen molar-refractivity contribution < 1.29 is 9.53 Å². The van der Waals surface area contributed by atoms with Crippen LogP contribution in [0.4, 0.5) is 0 Å². The third-order valence-corrected chi connectivity index (χ3v) is 2.83. The van der Waals surface area contributed by atoms with Gasteiger partial charge in [0.1, 0.15) is 5.75 Å². The van der Waals surface area contributed by atoms with Crippen LogP contribution in [0.1, 0.15) is 17.3 Å². The van der Waals surface area contributed by atoms with Crippen LogP contribution in [0.15, 0.2) is 35.1 Å². The quantitative estimate of drug-likeness (QED) is 0.785. The van der Waals surface area contributed by atoms with Crippen LogP contribution in [0.2, 0.25) is 0 Å². The summed E-state index contributed by atoms with van der Waals surface area (Å²) in [6.45, 7) is 1.37. The summed E-state index contributed by atoms with van der Waals surface area (Å²) in [5.74, 6) is 0.470. The molecule has 5 nitrogen and oxygen atoms in total. The molecule has 0 bridgehead atoms. The molecule has 2 rings (SSSR count). The molecule has 19 heavy (non-hydrogen) atoms. The summed E-state index contributed by atoms with van der Waals surface area (Å²) in [5.41, 5.74) is 1.15. The number of methoxy groups -OCH3 is 1. The van der Waals surface area contributed by atoms with Gasteiger partial charge in [-0.15, -0.1) is 0 Å². The highest BCUT2D eigenvalue weighted by molar-refractivity contribution is 5.94. The van der Waals surface area contributed by atoms with Crippen LogP contribution in [-0.4, -0.2) is 22.7 Å². The SMILES string of the molecule is COc1ccc(-c2cc(C(C)=O)c(=O)n(C)n2)cc1. The van der Waals surface area contributed by atoms with Crippen molar-refractivity contribution in [2.45, 2.75) is 6.92 Å². The van der Waals surface area contributed by atoms with Crippen molar-refractivity contribution >= 4 is 5.78 Å². The molecule has 0 fully saturated rings. The number of carbonyl (C=O) groups is 1. The highest BCUT2D eigenvalue weighted by atomic mass is 16.5. The Labute approximate surface area is 110 Å². The highest BCUT2D eigenvalue weighted by Gasteiger charge is 2.11. The van der Waals surface area contributed by atoms with E-state index in [9.17, 15) is 9.59 Å². The summed E-state index contributed by atoms with van der Waals surface area (Å²) in [5, 5.41) is 4.15. The maximum absolute atomic E-state index is 11.8. The number of rotatable bonds is 3. The van der Waals surface area contributed by atoms with Gasteiger partial charge in [0.05, 0.1) is 18.4 Å². The van der Waals surface area contributed by atoms with Crippen LogP contribution in [0.25, 0.3) is 11.3 Å². The van der Waals surface area contributed by atoms with Crippen molar-refractivity contribution in [3.63, 3.8) is 0 Å². The van der Waals surface area contributed by atoms with Crippen molar-refractivity contribution in [3.05, 3.63) is 46.2 Å². The molecule has 0 aliphatic carbocycles. The molecule has 0 aliphatic rings. The molecule has 1 aromatic carbocycles. The minimum atomic E-state index is -0.384. The summed E-state index contributed by atoms with van der Waals surface area (Å²) in [4.78, 5) is 23.2. The van der Waals surface area contributed by atoms with Crippen LogP contribution in [0, 0.1) is 0 Å². The van der Waals surface area contributed by atoms with Gasteiger partial charge < -0.3 is 4.74 Å². The fourth-order valence-electron chi connectivity index (χ4n) is 1.76. The predicted molar refractivity (Wildman–Crippen MR) is 71.5 cm³/mol. The Bertz CT molecular complexity index is 672. The number of aryl methyl sites for hydroxylation is 1. The first kappa shape index (κ1) is 13.0. The lowest BCUT2D eigenvalue weighted by Gasteiger charge is -2.06. The van der Waals surface area contributed by atoms with Crippen LogP contribution >= 0.6 is 0 Å². The Balaban J connectivity index is 2.56.